The monoisotopic (exact) mass is 229 g/mol. The van der Waals surface area contributed by atoms with Gasteiger partial charge in [0, 0.05) is 11.8 Å². The molecule has 0 atom stereocenters. The quantitative estimate of drug-likeness (QED) is 0.877. The largest absolute Gasteiger partial charge is 0.496 e. The van der Waals surface area contributed by atoms with Gasteiger partial charge in [0.05, 0.1) is 7.11 Å². The number of benzene rings is 1. The molecule has 0 saturated carbocycles. The van der Waals surface area contributed by atoms with Crippen LogP contribution in [0.25, 0.3) is 11.4 Å². The van der Waals surface area contributed by atoms with Crippen LogP contribution >= 0.6 is 0 Å². The average molecular weight is 229 g/mol. The first kappa shape index (κ1) is 11.4. The maximum atomic E-state index is 5.65. The van der Waals surface area contributed by atoms with Crippen molar-refractivity contribution in [1.82, 2.24) is 9.97 Å². The lowest BCUT2D eigenvalue weighted by molar-refractivity contribution is 0.410. The van der Waals surface area contributed by atoms with Crippen molar-refractivity contribution >= 4 is 5.82 Å². The van der Waals surface area contributed by atoms with E-state index in [1.165, 1.54) is 0 Å². The van der Waals surface area contributed by atoms with Crippen LogP contribution in [0.3, 0.4) is 0 Å². The van der Waals surface area contributed by atoms with Crippen molar-refractivity contribution in [2.24, 2.45) is 0 Å². The van der Waals surface area contributed by atoms with Crippen molar-refractivity contribution in [2.45, 2.75) is 13.3 Å². The van der Waals surface area contributed by atoms with Gasteiger partial charge in [-0.1, -0.05) is 6.92 Å². The Morgan fingerprint density at radius 2 is 2.12 bits per heavy atom. The van der Waals surface area contributed by atoms with Crippen molar-refractivity contribution < 1.29 is 4.74 Å². The molecule has 1 aromatic heterocycles. The van der Waals surface area contributed by atoms with Crippen molar-refractivity contribution in [2.75, 3.05) is 12.8 Å². The number of hydrogen-bond acceptors (Lipinski definition) is 4. The highest BCUT2D eigenvalue weighted by Gasteiger charge is 2.06. The Bertz CT molecular complexity index is 526. The van der Waals surface area contributed by atoms with Crippen LogP contribution in [-0.4, -0.2) is 17.1 Å². The molecule has 88 valence electrons. The van der Waals surface area contributed by atoms with E-state index >= 15 is 0 Å². The molecule has 0 aliphatic carbocycles. The molecule has 0 aliphatic heterocycles. The van der Waals surface area contributed by atoms with E-state index in [2.05, 4.69) is 16.9 Å². The molecule has 0 aliphatic rings. The van der Waals surface area contributed by atoms with Gasteiger partial charge in [-0.3, -0.25) is 0 Å². The van der Waals surface area contributed by atoms with Crippen LogP contribution in [0.4, 0.5) is 5.82 Å². The number of hydrogen-bond donors (Lipinski definition) is 1. The second kappa shape index (κ2) is 4.82. The first-order valence-electron chi connectivity index (χ1n) is 5.50. The lowest BCUT2D eigenvalue weighted by atomic mass is 10.1. The minimum absolute atomic E-state index is 0.476. The maximum absolute atomic E-state index is 5.65. The summed E-state index contributed by atoms with van der Waals surface area (Å²) < 4.78 is 5.29. The Kier molecular flexibility index (Phi) is 3.23. The summed E-state index contributed by atoms with van der Waals surface area (Å²) in [7, 11) is 1.67. The number of methoxy groups -OCH3 is 1. The summed E-state index contributed by atoms with van der Waals surface area (Å²) in [6, 6.07) is 7.58. The van der Waals surface area contributed by atoms with Crippen LogP contribution in [0.1, 0.15) is 12.5 Å². The van der Waals surface area contributed by atoms with Gasteiger partial charge in [0.25, 0.3) is 0 Å². The molecule has 0 amide bonds. The van der Waals surface area contributed by atoms with Gasteiger partial charge >= 0.3 is 0 Å². The normalized spacial score (nSPS) is 10.2. The highest BCUT2D eigenvalue weighted by atomic mass is 16.5. The number of anilines is 1. The van der Waals surface area contributed by atoms with Gasteiger partial charge in [-0.05, 0) is 36.2 Å². The molecular formula is C13H15N3O. The highest BCUT2D eigenvalue weighted by Crippen LogP contribution is 2.25. The van der Waals surface area contributed by atoms with E-state index in [-0.39, 0.29) is 0 Å². The molecular weight excluding hydrogens is 214 g/mol. The number of nitrogens with two attached hydrogens (primary N) is 1. The highest BCUT2D eigenvalue weighted by molar-refractivity contribution is 5.59. The second-order valence-electron chi connectivity index (χ2n) is 3.69. The van der Waals surface area contributed by atoms with E-state index in [0.29, 0.717) is 11.6 Å². The Labute approximate surface area is 100 Å². The van der Waals surface area contributed by atoms with Crippen molar-refractivity contribution in [1.29, 1.82) is 0 Å². The maximum Gasteiger partial charge on any atom is 0.161 e. The smallest absolute Gasteiger partial charge is 0.161 e. The van der Waals surface area contributed by atoms with E-state index < -0.39 is 0 Å². The molecule has 4 heteroatoms. The predicted molar refractivity (Wildman–Crippen MR) is 67.8 cm³/mol. The topological polar surface area (TPSA) is 61.0 Å². The number of rotatable bonds is 3. The first-order valence-corrected chi connectivity index (χ1v) is 5.50. The fourth-order valence-corrected chi connectivity index (χ4v) is 1.71. The second-order valence-corrected chi connectivity index (χ2v) is 3.69. The molecule has 0 fully saturated rings. The summed E-state index contributed by atoms with van der Waals surface area (Å²) in [5.41, 5.74) is 7.74. The lowest BCUT2D eigenvalue weighted by Gasteiger charge is -2.08. The molecule has 1 heterocycles. The van der Waals surface area contributed by atoms with Crippen molar-refractivity contribution in [3.05, 3.63) is 36.0 Å². The Balaban J connectivity index is 2.46. The molecule has 2 rings (SSSR count). The minimum Gasteiger partial charge on any atom is -0.496 e. The van der Waals surface area contributed by atoms with E-state index in [0.717, 1.165) is 23.3 Å². The zero-order valence-corrected chi connectivity index (χ0v) is 9.97. The standard InChI is InChI=1S/C13H15N3O/c1-3-9-8-10(4-5-11(9)17-2)13-15-7-6-12(14)16-13/h4-8H,3H2,1-2H3,(H2,14,15,16). The third kappa shape index (κ3) is 2.36. The van der Waals surface area contributed by atoms with E-state index in [1.54, 1.807) is 19.4 Å². The first-order chi connectivity index (χ1) is 8.24. The van der Waals surface area contributed by atoms with Crippen LogP contribution in [0, 0.1) is 0 Å². The van der Waals surface area contributed by atoms with Crippen LogP contribution in [0.5, 0.6) is 5.75 Å². The van der Waals surface area contributed by atoms with Crippen LogP contribution in [0.2, 0.25) is 0 Å². The number of nitrogens with zero attached hydrogens (tertiary/aromatic N) is 2. The van der Waals surface area contributed by atoms with Crippen LogP contribution in [-0.2, 0) is 6.42 Å². The van der Waals surface area contributed by atoms with Gasteiger partial charge in [-0.15, -0.1) is 0 Å². The zero-order valence-electron chi connectivity index (χ0n) is 9.97. The molecule has 0 spiro atoms. The third-order valence-corrected chi connectivity index (χ3v) is 2.60. The number of nitrogen functional groups attached to an aromatic ring is 1. The average Bonchev–Trinajstić information content (AvgIpc) is 2.38. The van der Waals surface area contributed by atoms with Crippen molar-refractivity contribution in [3.8, 4) is 17.1 Å². The molecule has 2 aromatic rings. The molecule has 2 N–H and O–H groups in total. The Morgan fingerprint density at radius 1 is 1.29 bits per heavy atom. The van der Waals surface area contributed by atoms with E-state index in [9.17, 15) is 0 Å². The molecule has 0 unspecified atom stereocenters. The van der Waals surface area contributed by atoms with Gasteiger partial charge in [-0.2, -0.15) is 0 Å². The Morgan fingerprint density at radius 3 is 2.76 bits per heavy atom. The summed E-state index contributed by atoms with van der Waals surface area (Å²) >= 11 is 0. The number of ether oxygens (including phenoxy) is 1. The zero-order chi connectivity index (χ0) is 12.3. The molecule has 1 aromatic carbocycles. The molecule has 0 saturated heterocycles. The third-order valence-electron chi connectivity index (χ3n) is 2.60. The fraction of sp³-hybridized carbons (Fsp3) is 0.231. The molecule has 17 heavy (non-hydrogen) atoms. The lowest BCUT2D eigenvalue weighted by Crippen LogP contribution is -1.96. The summed E-state index contributed by atoms with van der Waals surface area (Å²) in [5, 5.41) is 0. The van der Waals surface area contributed by atoms with E-state index in [4.69, 9.17) is 10.5 Å². The van der Waals surface area contributed by atoms with Gasteiger partial charge in [0.2, 0.25) is 0 Å². The number of aromatic nitrogens is 2. The van der Waals surface area contributed by atoms with Crippen LogP contribution < -0.4 is 10.5 Å². The minimum atomic E-state index is 0.476. The van der Waals surface area contributed by atoms with Gasteiger partial charge in [0.15, 0.2) is 5.82 Å². The molecule has 0 radical (unpaired) electrons. The van der Waals surface area contributed by atoms with Gasteiger partial charge in [0.1, 0.15) is 11.6 Å². The van der Waals surface area contributed by atoms with E-state index in [1.807, 2.05) is 18.2 Å². The number of aryl methyl sites for hydroxylation is 1. The summed E-state index contributed by atoms with van der Waals surface area (Å²) in [5.74, 6) is 2.01. The summed E-state index contributed by atoms with van der Waals surface area (Å²) in [4.78, 5) is 8.41. The molecule has 4 nitrogen and oxygen atoms in total. The summed E-state index contributed by atoms with van der Waals surface area (Å²) in [6.07, 6.45) is 2.56. The van der Waals surface area contributed by atoms with Crippen LogP contribution in [0.15, 0.2) is 30.5 Å². The molecule has 0 bridgehead atoms. The van der Waals surface area contributed by atoms with Crippen molar-refractivity contribution in [3.63, 3.8) is 0 Å². The van der Waals surface area contributed by atoms with Gasteiger partial charge < -0.3 is 10.5 Å². The fourth-order valence-electron chi connectivity index (χ4n) is 1.71. The predicted octanol–water partition coefficient (Wildman–Crippen LogP) is 2.30. The SMILES string of the molecule is CCc1cc(-c2nccc(N)n2)ccc1OC. The summed E-state index contributed by atoms with van der Waals surface area (Å²) in [6.45, 7) is 2.09. The van der Waals surface area contributed by atoms with Gasteiger partial charge in [-0.25, -0.2) is 9.97 Å². The Hall–Kier alpha value is -2.10.